The van der Waals surface area contributed by atoms with E-state index < -0.39 is 11.8 Å². The van der Waals surface area contributed by atoms with Crippen LogP contribution in [0.4, 0.5) is 5.69 Å². The number of benzene rings is 2. The molecule has 0 spiro atoms. The summed E-state index contributed by atoms with van der Waals surface area (Å²) in [5.74, 6) is -1.58. The van der Waals surface area contributed by atoms with E-state index in [1.165, 1.54) is 0 Å². The van der Waals surface area contributed by atoms with Crippen LogP contribution in [0, 0.1) is 57.2 Å². The van der Waals surface area contributed by atoms with Crippen LogP contribution < -0.4 is 4.90 Å². The van der Waals surface area contributed by atoms with Crippen LogP contribution >= 0.6 is 0 Å². The smallest absolute Gasteiger partial charge is 0.137 e. The molecular weight excluding hydrogens is 406 g/mol. The molecule has 3 rings (SSSR count). The number of hydrogen-bond acceptors (Lipinski definition) is 5. The number of nitriles is 4. The van der Waals surface area contributed by atoms with E-state index in [9.17, 15) is 21.0 Å². The summed E-state index contributed by atoms with van der Waals surface area (Å²) < 4.78 is 0. The second kappa shape index (κ2) is 10.6. The average molecular weight is 430 g/mol. The van der Waals surface area contributed by atoms with Crippen molar-refractivity contribution in [1.82, 2.24) is 0 Å². The lowest BCUT2D eigenvalue weighted by Crippen LogP contribution is -2.07. The number of allylic oxidation sites excluding steroid dienone is 5. The van der Waals surface area contributed by atoms with Gasteiger partial charge in [-0.2, -0.15) is 21.0 Å². The van der Waals surface area contributed by atoms with Crippen LogP contribution in [0.3, 0.4) is 0 Å². The summed E-state index contributed by atoms with van der Waals surface area (Å²) in [6.45, 7) is 0. The van der Waals surface area contributed by atoms with Crippen molar-refractivity contribution < 1.29 is 0 Å². The second-order valence-corrected chi connectivity index (χ2v) is 8.00. The lowest BCUT2D eigenvalue weighted by atomic mass is 9.88. The van der Waals surface area contributed by atoms with Gasteiger partial charge >= 0.3 is 0 Å². The Labute approximate surface area is 195 Å². The highest BCUT2D eigenvalue weighted by molar-refractivity contribution is 5.92. The average Bonchev–Trinajstić information content (AvgIpc) is 3.17. The Balaban J connectivity index is 2.18. The zero-order chi connectivity index (χ0) is 23.8. The largest absolute Gasteiger partial charge is 0.378 e. The molecule has 2 aromatic carbocycles. The second-order valence-electron chi connectivity index (χ2n) is 8.00. The van der Waals surface area contributed by atoms with Crippen LogP contribution in [0.15, 0.2) is 77.4 Å². The van der Waals surface area contributed by atoms with Gasteiger partial charge in [-0.25, -0.2) is 0 Å². The van der Waals surface area contributed by atoms with Gasteiger partial charge < -0.3 is 4.90 Å². The molecule has 5 heteroatoms. The van der Waals surface area contributed by atoms with E-state index in [1.807, 2.05) is 85.7 Å². The normalized spacial score (nSPS) is 13.9. The minimum Gasteiger partial charge on any atom is -0.378 e. The fraction of sp³-hybridized carbons (Fsp3) is 0.214. The Hall–Kier alpha value is -4.58. The molecule has 0 N–H and O–H groups in total. The van der Waals surface area contributed by atoms with Crippen molar-refractivity contribution in [2.45, 2.75) is 12.8 Å². The molecule has 0 radical (unpaired) electrons. The first-order valence-corrected chi connectivity index (χ1v) is 10.6. The number of anilines is 1. The van der Waals surface area contributed by atoms with Crippen LogP contribution in [-0.2, 0) is 0 Å². The van der Waals surface area contributed by atoms with Crippen LogP contribution in [0.1, 0.15) is 24.0 Å². The van der Waals surface area contributed by atoms with Crippen LogP contribution in [-0.4, -0.2) is 14.1 Å². The Morgan fingerprint density at radius 2 is 1.36 bits per heavy atom. The van der Waals surface area contributed by atoms with Gasteiger partial charge in [-0.3, -0.25) is 0 Å². The zero-order valence-electron chi connectivity index (χ0n) is 18.7. The molecule has 1 aliphatic carbocycles. The first-order chi connectivity index (χ1) is 16.0. The standard InChI is InChI=1S/C28H23N5/c1-33(2)26-10-8-20(9-11-26)12-24-15-25(13-21(16-29)17-30)28(23-6-4-3-5-7-23)27(24)14-22(18-31)19-32/h3-12,15,21-22H,13-14H2,1-2H3/b24-12+. The van der Waals surface area contributed by atoms with Gasteiger partial charge in [0.15, 0.2) is 0 Å². The van der Waals surface area contributed by atoms with Gasteiger partial charge in [-0.15, -0.1) is 0 Å². The quantitative estimate of drug-likeness (QED) is 0.567. The van der Waals surface area contributed by atoms with Gasteiger partial charge in [-0.1, -0.05) is 48.5 Å². The molecule has 0 atom stereocenters. The summed E-state index contributed by atoms with van der Waals surface area (Å²) in [6, 6.07) is 26.1. The predicted molar refractivity (Wildman–Crippen MR) is 129 cm³/mol. The first kappa shape index (κ1) is 23.1. The van der Waals surface area contributed by atoms with Crippen molar-refractivity contribution in [2.24, 2.45) is 11.8 Å². The monoisotopic (exact) mass is 429 g/mol. The number of nitrogens with zero attached hydrogens (tertiary/aromatic N) is 5. The molecule has 0 saturated heterocycles. The topological polar surface area (TPSA) is 98.4 Å². The van der Waals surface area contributed by atoms with E-state index in [-0.39, 0.29) is 12.8 Å². The van der Waals surface area contributed by atoms with E-state index in [4.69, 9.17) is 0 Å². The third-order valence-corrected chi connectivity index (χ3v) is 5.55. The Morgan fingerprint density at radius 3 is 1.91 bits per heavy atom. The Kier molecular flexibility index (Phi) is 7.44. The molecule has 1 aliphatic rings. The third kappa shape index (κ3) is 5.37. The van der Waals surface area contributed by atoms with Crippen molar-refractivity contribution in [2.75, 3.05) is 19.0 Å². The molecule has 0 aromatic heterocycles. The van der Waals surface area contributed by atoms with E-state index in [0.29, 0.717) is 0 Å². The van der Waals surface area contributed by atoms with Crippen molar-refractivity contribution in [3.63, 3.8) is 0 Å². The highest BCUT2D eigenvalue weighted by Gasteiger charge is 2.27. The maximum Gasteiger partial charge on any atom is 0.137 e. The van der Waals surface area contributed by atoms with E-state index >= 15 is 0 Å². The van der Waals surface area contributed by atoms with Crippen molar-refractivity contribution in [3.8, 4) is 24.3 Å². The predicted octanol–water partition coefficient (Wildman–Crippen LogP) is 5.64. The molecule has 0 amide bonds. The Bertz CT molecular complexity index is 1240. The van der Waals surface area contributed by atoms with Crippen molar-refractivity contribution in [3.05, 3.63) is 88.5 Å². The SMILES string of the molecule is CN(C)c1ccc(/C=C2\C=C(CC(C#N)C#N)C(c3ccccc3)=C2CC(C#N)C#N)cc1. The third-order valence-electron chi connectivity index (χ3n) is 5.55. The van der Waals surface area contributed by atoms with Gasteiger partial charge in [0.05, 0.1) is 24.3 Å². The van der Waals surface area contributed by atoms with Gasteiger partial charge in [0.25, 0.3) is 0 Å². The minimum atomic E-state index is -0.797. The molecule has 0 aliphatic heterocycles. The van der Waals surface area contributed by atoms with Gasteiger partial charge in [0, 0.05) is 32.6 Å². The molecule has 2 aromatic rings. The van der Waals surface area contributed by atoms with Crippen LogP contribution in [0.5, 0.6) is 0 Å². The highest BCUT2D eigenvalue weighted by atomic mass is 15.1. The van der Waals surface area contributed by atoms with Gasteiger partial charge in [0.2, 0.25) is 0 Å². The lowest BCUT2D eigenvalue weighted by molar-refractivity contribution is 0.831. The molecule has 0 unspecified atom stereocenters. The first-order valence-electron chi connectivity index (χ1n) is 10.6. The minimum absolute atomic E-state index is 0.266. The van der Waals surface area contributed by atoms with Crippen LogP contribution in [0.2, 0.25) is 0 Å². The number of rotatable bonds is 7. The number of hydrogen-bond donors (Lipinski definition) is 0. The summed E-state index contributed by atoms with van der Waals surface area (Å²) in [5.41, 5.74) is 6.56. The summed E-state index contributed by atoms with van der Waals surface area (Å²) in [6.07, 6.45) is 4.57. The molecule has 33 heavy (non-hydrogen) atoms. The molecule has 160 valence electrons. The fourth-order valence-corrected chi connectivity index (χ4v) is 3.87. The molecule has 0 bridgehead atoms. The molecule has 0 saturated carbocycles. The maximum atomic E-state index is 9.47. The summed E-state index contributed by atoms with van der Waals surface area (Å²) >= 11 is 0. The van der Waals surface area contributed by atoms with E-state index in [2.05, 4.69) is 24.3 Å². The highest BCUT2D eigenvalue weighted by Crippen LogP contribution is 2.43. The van der Waals surface area contributed by atoms with Gasteiger partial charge in [-0.05, 0) is 51.6 Å². The van der Waals surface area contributed by atoms with E-state index in [0.717, 1.165) is 39.1 Å². The van der Waals surface area contributed by atoms with Gasteiger partial charge in [0.1, 0.15) is 11.8 Å². The van der Waals surface area contributed by atoms with Crippen molar-refractivity contribution >= 4 is 17.3 Å². The maximum absolute atomic E-state index is 9.47. The fourth-order valence-electron chi connectivity index (χ4n) is 3.87. The van der Waals surface area contributed by atoms with E-state index in [1.54, 1.807) is 0 Å². The van der Waals surface area contributed by atoms with Crippen molar-refractivity contribution in [1.29, 1.82) is 21.0 Å². The zero-order valence-corrected chi connectivity index (χ0v) is 18.7. The summed E-state index contributed by atoms with van der Waals surface area (Å²) in [5, 5.41) is 37.7. The summed E-state index contributed by atoms with van der Waals surface area (Å²) in [7, 11) is 3.97. The van der Waals surface area contributed by atoms with Crippen LogP contribution in [0.25, 0.3) is 11.6 Å². The molecule has 5 nitrogen and oxygen atoms in total. The summed E-state index contributed by atoms with van der Waals surface area (Å²) in [4.78, 5) is 2.03. The molecular formula is C28H23N5. The lowest BCUT2D eigenvalue weighted by Gasteiger charge is -2.14. The Morgan fingerprint density at radius 1 is 0.788 bits per heavy atom. The molecule has 0 heterocycles. The molecule has 0 fully saturated rings.